The lowest BCUT2D eigenvalue weighted by molar-refractivity contribution is 0.212. The molecule has 2 aromatic carbocycles. The van der Waals surface area contributed by atoms with Crippen molar-refractivity contribution in [2.75, 3.05) is 0 Å². The molecule has 2 rings (SSSR count). The van der Waals surface area contributed by atoms with Gasteiger partial charge >= 0.3 is 0 Å². The van der Waals surface area contributed by atoms with Crippen molar-refractivity contribution in [3.8, 4) is 0 Å². The number of benzene rings is 2. The smallest absolute Gasteiger partial charge is 0.165 e. The minimum Gasteiger partial charge on any atom is -0.384 e. The number of aryl methyl sites for hydroxylation is 1. The van der Waals surface area contributed by atoms with Gasteiger partial charge in [0.1, 0.15) is 11.9 Å². The van der Waals surface area contributed by atoms with Crippen molar-refractivity contribution in [3.63, 3.8) is 0 Å². The molecule has 2 aromatic rings. The lowest BCUT2D eigenvalue weighted by Crippen LogP contribution is -2.06. The molecule has 0 aliphatic rings. The molecule has 0 spiro atoms. The number of rotatable bonds is 2. The van der Waals surface area contributed by atoms with Crippen molar-refractivity contribution in [1.29, 1.82) is 0 Å². The Bertz CT molecular complexity index is 628. The summed E-state index contributed by atoms with van der Waals surface area (Å²) in [6.45, 7) is 1.43. The Kier molecular flexibility index (Phi) is 3.96. The van der Waals surface area contributed by atoms with Crippen LogP contribution >= 0.6 is 15.9 Å². The summed E-state index contributed by atoms with van der Waals surface area (Å²) in [5.74, 6) is -2.57. The minimum atomic E-state index is -1.37. The van der Waals surface area contributed by atoms with Crippen LogP contribution in [-0.2, 0) is 0 Å². The lowest BCUT2D eigenvalue weighted by atomic mass is 9.99. The van der Waals surface area contributed by atoms with Crippen LogP contribution < -0.4 is 0 Å². The molecular weight excluding hydrogens is 321 g/mol. The van der Waals surface area contributed by atoms with Crippen molar-refractivity contribution in [2.24, 2.45) is 0 Å². The molecule has 5 heteroatoms. The highest BCUT2D eigenvalue weighted by atomic mass is 79.9. The van der Waals surface area contributed by atoms with Gasteiger partial charge < -0.3 is 5.11 Å². The lowest BCUT2D eigenvalue weighted by Gasteiger charge is -2.15. The molecule has 0 heterocycles. The van der Waals surface area contributed by atoms with E-state index in [2.05, 4.69) is 15.9 Å². The van der Waals surface area contributed by atoms with Crippen LogP contribution in [0.2, 0.25) is 0 Å². The van der Waals surface area contributed by atoms with Gasteiger partial charge in [0.05, 0.1) is 0 Å². The van der Waals surface area contributed by atoms with Crippen LogP contribution in [-0.4, -0.2) is 5.11 Å². The molecule has 0 bridgehead atoms. The maximum atomic E-state index is 13.8. The van der Waals surface area contributed by atoms with Crippen molar-refractivity contribution < 1.29 is 18.3 Å². The fourth-order valence-electron chi connectivity index (χ4n) is 1.76. The summed E-state index contributed by atoms with van der Waals surface area (Å²) in [6, 6.07) is 6.32. The molecule has 0 saturated heterocycles. The van der Waals surface area contributed by atoms with Gasteiger partial charge in [0.25, 0.3) is 0 Å². The van der Waals surface area contributed by atoms with E-state index in [-0.39, 0.29) is 16.7 Å². The molecule has 0 aliphatic heterocycles. The van der Waals surface area contributed by atoms with Gasteiger partial charge in [-0.15, -0.1) is 0 Å². The van der Waals surface area contributed by atoms with Gasteiger partial charge in [-0.3, -0.25) is 0 Å². The first kappa shape index (κ1) is 14.1. The van der Waals surface area contributed by atoms with Gasteiger partial charge in [0.2, 0.25) is 0 Å². The van der Waals surface area contributed by atoms with Gasteiger partial charge in [0.15, 0.2) is 11.6 Å². The van der Waals surface area contributed by atoms with Crippen molar-refractivity contribution in [1.82, 2.24) is 0 Å². The zero-order valence-corrected chi connectivity index (χ0v) is 11.5. The quantitative estimate of drug-likeness (QED) is 0.872. The second-order valence-electron chi connectivity index (χ2n) is 4.17. The van der Waals surface area contributed by atoms with Crippen LogP contribution in [0.15, 0.2) is 34.8 Å². The Morgan fingerprint density at radius 1 is 1.00 bits per heavy atom. The molecular formula is C14H10BrF3O. The first-order valence-electron chi connectivity index (χ1n) is 5.49. The number of aliphatic hydroxyl groups is 1. The largest absolute Gasteiger partial charge is 0.384 e. The van der Waals surface area contributed by atoms with Crippen LogP contribution in [0.5, 0.6) is 0 Å². The van der Waals surface area contributed by atoms with Crippen LogP contribution in [0, 0.1) is 24.4 Å². The fraction of sp³-hybridized carbons (Fsp3) is 0.143. The average molecular weight is 331 g/mol. The van der Waals surface area contributed by atoms with Gasteiger partial charge in [-0.05, 0) is 30.2 Å². The maximum Gasteiger partial charge on any atom is 0.165 e. The van der Waals surface area contributed by atoms with Crippen LogP contribution in [0.1, 0.15) is 22.8 Å². The zero-order chi connectivity index (χ0) is 14.2. The minimum absolute atomic E-state index is 0.159. The van der Waals surface area contributed by atoms with E-state index in [1.54, 1.807) is 0 Å². The summed E-state index contributed by atoms with van der Waals surface area (Å²) in [5, 5.41) is 10.1. The monoisotopic (exact) mass is 330 g/mol. The highest BCUT2D eigenvalue weighted by Crippen LogP contribution is 2.31. The summed E-state index contributed by atoms with van der Waals surface area (Å²) in [6.07, 6.45) is -1.37. The molecule has 100 valence electrons. The van der Waals surface area contributed by atoms with E-state index >= 15 is 0 Å². The van der Waals surface area contributed by atoms with Gasteiger partial charge in [-0.25, -0.2) is 13.2 Å². The molecule has 0 amide bonds. The Morgan fingerprint density at radius 2 is 1.63 bits per heavy atom. The van der Waals surface area contributed by atoms with E-state index in [1.165, 1.54) is 25.1 Å². The van der Waals surface area contributed by atoms with Crippen molar-refractivity contribution in [3.05, 3.63) is 68.9 Å². The van der Waals surface area contributed by atoms with Gasteiger partial charge in [-0.1, -0.05) is 34.1 Å². The second kappa shape index (κ2) is 5.35. The molecule has 0 aromatic heterocycles. The highest BCUT2D eigenvalue weighted by molar-refractivity contribution is 9.10. The van der Waals surface area contributed by atoms with E-state index in [0.29, 0.717) is 4.47 Å². The molecule has 0 aliphatic carbocycles. The third-order valence-electron chi connectivity index (χ3n) is 2.86. The summed E-state index contributed by atoms with van der Waals surface area (Å²) < 4.78 is 40.5. The first-order chi connectivity index (χ1) is 8.91. The van der Waals surface area contributed by atoms with E-state index < -0.39 is 23.6 Å². The molecule has 0 radical (unpaired) electrons. The molecule has 1 N–H and O–H groups in total. The standard InChI is InChI=1S/C14H10BrF3O/c1-7-2-4-10(13(18)12(7)17)14(19)9-5-3-8(16)6-11(9)15/h2-6,14,19H,1H3. The molecule has 0 saturated carbocycles. The molecule has 0 fully saturated rings. The van der Waals surface area contributed by atoms with Crippen LogP contribution in [0.25, 0.3) is 0 Å². The summed E-state index contributed by atoms with van der Waals surface area (Å²) in [7, 11) is 0. The maximum absolute atomic E-state index is 13.8. The number of aliphatic hydroxyl groups excluding tert-OH is 1. The summed E-state index contributed by atoms with van der Waals surface area (Å²) in [4.78, 5) is 0. The van der Waals surface area contributed by atoms with Crippen molar-refractivity contribution in [2.45, 2.75) is 13.0 Å². The molecule has 1 atom stereocenters. The first-order valence-corrected chi connectivity index (χ1v) is 6.28. The molecule has 1 unspecified atom stereocenters. The Morgan fingerprint density at radius 3 is 2.26 bits per heavy atom. The topological polar surface area (TPSA) is 20.2 Å². The fourth-order valence-corrected chi connectivity index (χ4v) is 2.33. The summed E-state index contributed by atoms with van der Waals surface area (Å²) in [5.41, 5.74) is 0.241. The van der Waals surface area contributed by atoms with E-state index in [0.717, 1.165) is 12.1 Å². The van der Waals surface area contributed by atoms with Gasteiger partial charge in [-0.2, -0.15) is 0 Å². The van der Waals surface area contributed by atoms with E-state index in [1.807, 2.05) is 0 Å². The number of halogens is 4. The number of hydrogen-bond donors (Lipinski definition) is 1. The number of hydrogen-bond acceptors (Lipinski definition) is 1. The zero-order valence-electron chi connectivity index (χ0n) is 9.92. The average Bonchev–Trinajstić information content (AvgIpc) is 2.35. The third kappa shape index (κ3) is 2.67. The third-order valence-corrected chi connectivity index (χ3v) is 3.54. The Labute approximate surface area is 116 Å². The second-order valence-corrected chi connectivity index (χ2v) is 5.02. The Balaban J connectivity index is 2.50. The van der Waals surface area contributed by atoms with Gasteiger partial charge in [0, 0.05) is 10.0 Å². The van der Waals surface area contributed by atoms with Crippen LogP contribution in [0.4, 0.5) is 13.2 Å². The molecule has 19 heavy (non-hydrogen) atoms. The van der Waals surface area contributed by atoms with Crippen molar-refractivity contribution >= 4 is 15.9 Å². The predicted molar refractivity (Wildman–Crippen MR) is 69.3 cm³/mol. The Hall–Kier alpha value is -1.33. The van der Waals surface area contributed by atoms with Crippen LogP contribution in [0.3, 0.4) is 0 Å². The van der Waals surface area contributed by atoms with E-state index in [9.17, 15) is 18.3 Å². The normalized spacial score (nSPS) is 12.5. The summed E-state index contributed by atoms with van der Waals surface area (Å²) >= 11 is 3.09. The predicted octanol–water partition coefficient (Wildman–Crippen LogP) is 4.26. The SMILES string of the molecule is Cc1ccc(C(O)c2ccc(F)cc2Br)c(F)c1F. The highest BCUT2D eigenvalue weighted by Gasteiger charge is 2.21. The molecule has 1 nitrogen and oxygen atoms in total. The van der Waals surface area contributed by atoms with E-state index in [4.69, 9.17) is 0 Å².